The van der Waals surface area contributed by atoms with Crippen molar-refractivity contribution in [1.82, 2.24) is 9.55 Å². The van der Waals surface area contributed by atoms with Crippen LogP contribution in [-0.2, 0) is 14.3 Å². The van der Waals surface area contributed by atoms with E-state index in [4.69, 9.17) is 9.47 Å². The standard InChI is InChI=1S/C23H26N4O4/c1-15-9-10-20(31-3)17(13-15)24-21(28)14-19-22(29)26(11-6-12-30-2)23-25-16-7-4-5-8-18(16)27(19)23/h4-5,7-10,13,19H,6,11-12,14H2,1-3H3,(H,24,28)/t19-/m1/s1. The molecule has 1 aliphatic heterocycles. The van der Waals surface area contributed by atoms with Crippen LogP contribution in [0.4, 0.5) is 11.6 Å². The first-order valence-corrected chi connectivity index (χ1v) is 10.2. The minimum absolute atomic E-state index is 0.00403. The van der Waals surface area contributed by atoms with Crippen LogP contribution in [0.15, 0.2) is 42.5 Å². The molecule has 2 aromatic carbocycles. The third-order valence-corrected chi connectivity index (χ3v) is 5.42. The molecular formula is C23H26N4O4. The number of fused-ring (bicyclic) bond motifs is 3. The minimum Gasteiger partial charge on any atom is -0.495 e. The number of aromatic nitrogens is 2. The number of para-hydroxylation sites is 2. The number of methoxy groups -OCH3 is 2. The van der Waals surface area contributed by atoms with Gasteiger partial charge in [-0.15, -0.1) is 0 Å². The number of imidazole rings is 1. The molecule has 0 unspecified atom stereocenters. The Morgan fingerprint density at radius 1 is 1.19 bits per heavy atom. The first kappa shape index (κ1) is 20.9. The van der Waals surface area contributed by atoms with E-state index in [1.807, 2.05) is 54.0 Å². The van der Waals surface area contributed by atoms with E-state index in [9.17, 15) is 9.59 Å². The summed E-state index contributed by atoms with van der Waals surface area (Å²) in [4.78, 5) is 32.5. The number of benzene rings is 2. The van der Waals surface area contributed by atoms with Gasteiger partial charge in [-0.2, -0.15) is 0 Å². The molecule has 1 aliphatic rings. The van der Waals surface area contributed by atoms with Gasteiger partial charge in [-0.1, -0.05) is 18.2 Å². The second kappa shape index (κ2) is 8.77. The summed E-state index contributed by atoms with van der Waals surface area (Å²) in [7, 11) is 3.19. The summed E-state index contributed by atoms with van der Waals surface area (Å²) in [6.45, 7) is 2.97. The average Bonchev–Trinajstić information content (AvgIpc) is 3.24. The van der Waals surface area contributed by atoms with Gasteiger partial charge in [-0.3, -0.25) is 19.1 Å². The molecule has 2 heterocycles. The number of rotatable bonds is 8. The molecule has 2 amide bonds. The number of ether oxygens (including phenoxy) is 2. The van der Waals surface area contributed by atoms with E-state index in [0.29, 0.717) is 37.0 Å². The van der Waals surface area contributed by atoms with Crippen molar-refractivity contribution in [2.24, 2.45) is 0 Å². The molecular weight excluding hydrogens is 396 g/mol. The van der Waals surface area contributed by atoms with Gasteiger partial charge in [-0.05, 0) is 43.2 Å². The highest BCUT2D eigenvalue weighted by Crippen LogP contribution is 2.37. The maximum atomic E-state index is 13.2. The smallest absolute Gasteiger partial charge is 0.253 e. The number of nitrogens with one attached hydrogen (secondary N) is 1. The van der Waals surface area contributed by atoms with Gasteiger partial charge >= 0.3 is 0 Å². The summed E-state index contributed by atoms with van der Waals surface area (Å²) in [5.41, 5.74) is 3.23. The van der Waals surface area contributed by atoms with Gasteiger partial charge in [0.1, 0.15) is 11.8 Å². The lowest BCUT2D eigenvalue weighted by atomic mass is 10.1. The first-order valence-electron chi connectivity index (χ1n) is 10.2. The third-order valence-electron chi connectivity index (χ3n) is 5.42. The average molecular weight is 422 g/mol. The summed E-state index contributed by atoms with van der Waals surface area (Å²) in [5, 5.41) is 2.90. The topological polar surface area (TPSA) is 85.7 Å². The van der Waals surface area contributed by atoms with Gasteiger partial charge in [0.05, 0.1) is 30.3 Å². The molecule has 0 bridgehead atoms. The second-order valence-corrected chi connectivity index (χ2v) is 7.58. The van der Waals surface area contributed by atoms with Crippen molar-refractivity contribution in [3.63, 3.8) is 0 Å². The Morgan fingerprint density at radius 2 is 2.00 bits per heavy atom. The highest BCUT2D eigenvalue weighted by Gasteiger charge is 2.40. The van der Waals surface area contributed by atoms with Gasteiger partial charge in [0.15, 0.2) is 0 Å². The minimum atomic E-state index is -0.652. The normalized spacial score (nSPS) is 15.4. The molecule has 1 atom stereocenters. The zero-order chi connectivity index (χ0) is 22.0. The van der Waals surface area contributed by atoms with Crippen LogP contribution in [0.25, 0.3) is 11.0 Å². The Balaban J connectivity index is 1.62. The Labute approximate surface area is 180 Å². The van der Waals surface area contributed by atoms with Crippen LogP contribution in [0, 0.1) is 6.92 Å². The fourth-order valence-electron chi connectivity index (χ4n) is 3.97. The van der Waals surface area contributed by atoms with Crippen molar-refractivity contribution in [1.29, 1.82) is 0 Å². The molecule has 0 aliphatic carbocycles. The van der Waals surface area contributed by atoms with Crippen molar-refractivity contribution in [3.05, 3.63) is 48.0 Å². The number of anilines is 2. The van der Waals surface area contributed by atoms with Crippen LogP contribution >= 0.6 is 0 Å². The number of aryl methyl sites for hydroxylation is 1. The number of nitrogens with zero attached hydrogens (tertiary/aromatic N) is 3. The van der Waals surface area contributed by atoms with Crippen molar-refractivity contribution in [2.75, 3.05) is 37.6 Å². The van der Waals surface area contributed by atoms with Crippen LogP contribution in [0.2, 0.25) is 0 Å². The first-order chi connectivity index (χ1) is 15.0. The zero-order valence-electron chi connectivity index (χ0n) is 17.9. The Bertz CT molecular complexity index is 1120. The lowest BCUT2D eigenvalue weighted by molar-refractivity contribution is -0.124. The van der Waals surface area contributed by atoms with E-state index in [2.05, 4.69) is 10.3 Å². The Kier molecular flexibility index (Phi) is 5.90. The number of hydrogen-bond acceptors (Lipinski definition) is 5. The summed E-state index contributed by atoms with van der Waals surface area (Å²) >= 11 is 0. The molecule has 8 nitrogen and oxygen atoms in total. The van der Waals surface area contributed by atoms with Crippen molar-refractivity contribution < 1.29 is 19.1 Å². The monoisotopic (exact) mass is 422 g/mol. The third kappa shape index (κ3) is 3.98. The lowest BCUT2D eigenvalue weighted by Gasteiger charge is -2.16. The molecule has 0 radical (unpaired) electrons. The van der Waals surface area contributed by atoms with Crippen molar-refractivity contribution >= 4 is 34.5 Å². The zero-order valence-corrected chi connectivity index (χ0v) is 17.9. The maximum Gasteiger partial charge on any atom is 0.253 e. The second-order valence-electron chi connectivity index (χ2n) is 7.58. The van der Waals surface area contributed by atoms with Gasteiger partial charge in [0.25, 0.3) is 5.91 Å². The SMILES string of the molecule is COCCCN1C(=O)[C@@H](CC(=O)Nc2cc(C)ccc2OC)n2c1nc1ccccc12. The van der Waals surface area contributed by atoms with Crippen LogP contribution in [0.3, 0.4) is 0 Å². The predicted molar refractivity (Wildman–Crippen MR) is 119 cm³/mol. The highest BCUT2D eigenvalue weighted by molar-refractivity contribution is 6.05. The van der Waals surface area contributed by atoms with Crippen molar-refractivity contribution in [3.8, 4) is 5.75 Å². The van der Waals surface area contributed by atoms with Gasteiger partial charge in [0, 0.05) is 20.3 Å². The fourth-order valence-corrected chi connectivity index (χ4v) is 3.97. The maximum absolute atomic E-state index is 13.2. The molecule has 4 rings (SSSR count). The van der Waals surface area contributed by atoms with Crippen LogP contribution in [0.5, 0.6) is 5.75 Å². The molecule has 0 saturated carbocycles. The molecule has 1 aromatic heterocycles. The quantitative estimate of drug-likeness (QED) is 0.563. The van der Waals surface area contributed by atoms with E-state index < -0.39 is 6.04 Å². The molecule has 0 fully saturated rings. The van der Waals surface area contributed by atoms with E-state index >= 15 is 0 Å². The van der Waals surface area contributed by atoms with E-state index in [0.717, 1.165) is 16.6 Å². The molecule has 3 aromatic rings. The predicted octanol–water partition coefficient (Wildman–Crippen LogP) is 3.31. The number of carbonyl (C=O) groups is 2. The van der Waals surface area contributed by atoms with Gasteiger partial charge in [0.2, 0.25) is 11.9 Å². The van der Waals surface area contributed by atoms with Gasteiger partial charge in [-0.25, -0.2) is 4.98 Å². The fraction of sp³-hybridized carbons (Fsp3) is 0.348. The summed E-state index contributed by atoms with van der Waals surface area (Å²) in [6, 6.07) is 12.6. The summed E-state index contributed by atoms with van der Waals surface area (Å²) < 4.78 is 12.4. The van der Waals surface area contributed by atoms with Crippen molar-refractivity contribution in [2.45, 2.75) is 25.8 Å². The van der Waals surface area contributed by atoms with Crippen LogP contribution in [-0.4, -0.2) is 48.7 Å². The summed E-state index contributed by atoms with van der Waals surface area (Å²) in [6.07, 6.45) is 0.689. The molecule has 0 spiro atoms. The van der Waals surface area contributed by atoms with Gasteiger partial charge < -0.3 is 14.8 Å². The van der Waals surface area contributed by atoms with E-state index in [1.165, 1.54) is 0 Å². The molecule has 31 heavy (non-hydrogen) atoms. The summed E-state index contributed by atoms with van der Waals surface area (Å²) in [5.74, 6) is 0.764. The Hall–Kier alpha value is -3.39. The number of hydrogen-bond donors (Lipinski definition) is 1. The molecule has 0 saturated heterocycles. The largest absolute Gasteiger partial charge is 0.495 e. The molecule has 8 heteroatoms. The van der Waals surface area contributed by atoms with Crippen LogP contribution in [0.1, 0.15) is 24.4 Å². The lowest BCUT2D eigenvalue weighted by Crippen LogP contribution is -2.32. The van der Waals surface area contributed by atoms with Crippen LogP contribution < -0.4 is 15.0 Å². The van der Waals surface area contributed by atoms with E-state index in [-0.39, 0.29) is 18.2 Å². The Morgan fingerprint density at radius 3 is 2.77 bits per heavy atom. The number of carbonyl (C=O) groups excluding carboxylic acids is 2. The van der Waals surface area contributed by atoms with E-state index in [1.54, 1.807) is 19.1 Å². The molecule has 1 N–H and O–H groups in total. The number of amides is 2. The molecule has 162 valence electrons. The highest BCUT2D eigenvalue weighted by atomic mass is 16.5.